The molecule has 0 aromatic rings. The molecule has 122 valence electrons. The maximum absolute atomic E-state index is 12.4. The van der Waals surface area contributed by atoms with Gasteiger partial charge in [0.25, 0.3) is 0 Å². The van der Waals surface area contributed by atoms with Crippen LogP contribution in [0.4, 0.5) is 13.2 Å². The molecule has 0 aliphatic rings. The van der Waals surface area contributed by atoms with Crippen LogP contribution in [-0.2, 0) is 4.74 Å². The molecule has 2 unspecified atom stereocenters. The number of ether oxygens (including phenoxy) is 1. The second kappa shape index (κ2) is 5.48. The van der Waals surface area contributed by atoms with Gasteiger partial charge in [0.15, 0.2) is 5.79 Å². The van der Waals surface area contributed by atoms with Gasteiger partial charge in [0.2, 0.25) is 0 Å². The lowest BCUT2D eigenvalue weighted by molar-refractivity contribution is -0.321. The predicted octanol–water partition coefficient (Wildman–Crippen LogP) is 4.76. The fourth-order valence-electron chi connectivity index (χ4n) is 2.57. The van der Waals surface area contributed by atoms with Crippen molar-refractivity contribution in [3.05, 3.63) is 0 Å². The molecular weight excluding hydrogens is 269 g/mol. The monoisotopic (exact) mass is 298 g/mol. The van der Waals surface area contributed by atoms with Crippen molar-refractivity contribution < 1.29 is 23.0 Å². The van der Waals surface area contributed by atoms with E-state index in [9.17, 15) is 18.3 Å². The van der Waals surface area contributed by atoms with Gasteiger partial charge < -0.3 is 9.84 Å². The summed E-state index contributed by atoms with van der Waals surface area (Å²) in [5, 5.41) is 10.6. The molecule has 2 nitrogen and oxygen atoms in total. The Morgan fingerprint density at radius 3 is 1.50 bits per heavy atom. The average molecular weight is 298 g/mol. The van der Waals surface area contributed by atoms with Crippen molar-refractivity contribution in [1.82, 2.24) is 0 Å². The average Bonchev–Trinajstić information content (AvgIpc) is 2.09. The zero-order valence-corrected chi connectivity index (χ0v) is 13.9. The molecule has 0 fully saturated rings. The molecule has 0 heterocycles. The highest BCUT2D eigenvalue weighted by Crippen LogP contribution is 2.53. The lowest BCUT2D eigenvalue weighted by Gasteiger charge is -2.53. The van der Waals surface area contributed by atoms with E-state index < -0.39 is 29.4 Å². The van der Waals surface area contributed by atoms with Gasteiger partial charge in [-0.15, -0.1) is 0 Å². The highest BCUT2D eigenvalue weighted by atomic mass is 19.4. The molecular formula is C15H29F3O2. The molecule has 0 saturated carbocycles. The smallest absolute Gasteiger partial charge is 0.365 e. The molecule has 0 saturated heterocycles. The van der Waals surface area contributed by atoms with E-state index in [1.807, 2.05) is 41.5 Å². The minimum Gasteiger partial charge on any atom is -0.365 e. The van der Waals surface area contributed by atoms with Crippen LogP contribution in [0.1, 0.15) is 61.8 Å². The molecule has 0 aromatic heterocycles. The van der Waals surface area contributed by atoms with Crippen LogP contribution in [-0.4, -0.2) is 23.7 Å². The summed E-state index contributed by atoms with van der Waals surface area (Å²) in [6.07, 6.45) is -3.92. The lowest BCUT2D eigenvalue weighted by Crippen LogP contribution is -2.55. The maximum Gasteiger partial charge on any atom is 0.411 e. The highest BCUT2D eigenvalue weighted by Gasteiger charge is 2.54. The van der Waals surface area contributed by atoms with Gasteiger partial charge in [0.05, 0.1) is 0 Å². The van der Waals surface area contributed by atoms with E-state index in [1.54, 1.807) is 6.92 Å². The Hall–Kier alpha value is -0.290. The second-order valence-electron chi connectivity index (χ2n) is 8.21. The third kappa shape index (κ3) is 5.24. The zero-order valence-electron chi connectivity index (χ0n) is 13.9. The normalized spacial score (nSPS) is 20.4. The third-order valence-electron chi connectivity index (χ3n) is 4.08. The predicted molar refractivity (Wildman–Crippen MR) is 74.3 cm³/mol. The summed E-state index contributed by atoms with van der Waals surface area (Å²) in [6.45, 7) is 13.4. The molecule has 0 spiro atoms. The molecule has 0 amide bonds. The molecule has 0 aliphatic carbocycles. The van der Waals surface area contributed by atoms with E-state index in [2.05, 4.69) is 0 Å². The summed E-state index contributed by atoms with van der Waals surface area (Å²) in [5.41, 5.74) is -1.40. The molecule has 0 bridgehead atoms. The Kier molecular flexibility index (Phi) is 5.41. The highest BCUT2D eigenvalue weighted by molar-refractivity contribution is 4.98. The summed E-state index contributed by atoms with van der Waals surface area (Å²) < 4.78 is 42.0. The van der Waals surface area contributed by atoms with Crippen molar-refractivity contribution in [3.8, 4) is 0 Å². The van der Waals surface area contributed by atoms with Gasteiger partial charge >= 0.3 is 6.18 Å². The van der Waals surface area contributed by atoms with E-state index in [0.717, 1.165) is 0 Å². The third-order valence-corrected chi connectivity index (χ3v) is 4.08. The van der Waals surface area contributed by atoms with Gasteiger partial charge in [0, 0.05) is 5.41 Å². The van der Waals surface area contributed by atoms with Gasteiger partial charge in [-0.1, -0.05) is 48.5 Å². The van der Waals surface area contributed by atoms with Crippen molar-refractivity contribution in [3.63, 3.8) is 0 Å². The Labute approximate surface area is 120 Å². The number of hydrogen-bond donors (Lipinski definition) is 1. The van der Waals surface area contributed by atoms with Crippen molar-refractivity contribution in [2.45, 2.75) is 73.8 Å². The summed E-state index contributed by atoms with van der Waals surface area (Å²) >= 11 is 0. The summed E-state index contributed by atoms with van der Waals surface area (Å²) in [6, 6.07) is 0. The van der Waals surface area contributed by atoms with Crippen LogP contribution in [0.15, 0.2) is 0 Å². The fraction of sp³-hybridized carbons (Fsp3) is 1.00. The first kappa shape index (κ1) is 19.7. The van der Waals surface area contributed by atoms with E-state index in [-0.39, 0.29) is 5.41 Å². The van der Waals surface area contributed by atoms with E-state index in [4.69, 9.17) is 4.74 Å². The van der Waals surface area contributed by atoms with Crippen LogP contribution >= 0.6 is 0 Å². The minimum atomic E-state index is -4.45. The van der Waals surface area contributed by atoms with Gasteiger partial charge in [-0.2, -0.15) is 13.2 Å². The van der Waals surface area contributed by atoms with Crippen molar-refractivity contribution in [2.75, 3.05) is 6.61 Å². The van der Waals surface area contributed by atoms with E-state index >= 15 is 0 Å². The first-order valence-electron chi connectivity index (χ1n) is 6.84. The van der Waals surface area contributed by atoms with Gasteiger partial charge in [-0.05, 0) is 24.2 Å². The maximum atomic E-state index is 12.4. The SMILES string of the molecule is CC(C)(C)CC(C)(C(C)(C)C)C(C)(O)OCC(F)(F)F. The Bertz CT molecular complexity index is 321. The molecule has 20 heavy (non-hydrogen) atoms. The fourth-order valence-corrected chi connectivity index (χ4v) is 2.57. The number of halogens is 3. The number of alkyl halides is 3. The Morgan fingerprint density at radius 2 is 1.25 bits per heavy atom. The van der Waals surface area contributed by atoms with E-state index in [0.29, 0.717) is 6.42 Å². The Balaban J connectivity index is 5.42. The topological polar surface area (TPSA) is 29.5 Å². The second-order valence-corrected chi connectivity index (χ2v) is 8.21. The number of aliphatic hydroxyl groups is 1. The molecule has 0 rings (SSSR count). The van der Waals surface area contributed by atoms with Crippen molar-refractivity contribution in [2.24, 2.45) is 16.2 Å². The molecule has 1 N–H and O–H groups in total. The summed E-state index contributed by atoms with van der Waals surface area (Å²) in [5.74, 6) is -1.87. The van der Waals surface area contributed by atoms with Crippen molar-refractivity contribution >= 4 is 0 Å². The zero-order chi connectivity index (χ0) is 16.6. The first-order chi connectivity index (χ1) is 8.41. The van der Waals surface area contributed by atoms with Crippen LogP contribution in [0, 0.1) is 16.2 Å². The lowest BCUT2D eigenvalue weighted by atomic mass is 9.57. The van der Waals surface area contributed by atoms with E-state index in [1.165, 1.54) is 6.92 Å². The van der Waals surface area contributed by atoms with Crippen LogP contribution < -0.4 is 0 Å². The van der Waals surface area contributed by atoms with Crippen LogP contribution in [0.5, 0.6) is 0 Å². The van der Waals surface area contributed by atoms with Crippen LogP contribution in [0.25, 0.3) is 0 Å². The largest absolute Gasteiger partial charge is 0.411 e. The number of hydrogen-bond acceptors (Lipinski definition) is 2. The van der Waals surface area contributed by atoms with Gasteiger partial charge in [-0.3, -0.25) is 0 Å². The summed E-state index contributed by atoms with van der Waals surface area (Å²) in [7, 11) is 0. The number of rotatable bonds is 4. The standard InChI is InChI=1S/C15H29F3O2/c1-11(2,3)9-13(7,12(4,5)6)14(8,19)20-10-15(16,17)18/h19H,9-10H2,1-8H3. The van der Waals surface area contributed by atoms with Crippen molar-refractivity contribution in [1.29, 1.82) is 0 Å². The Morgan fingerprint density at radius 1 is 0.850 bits per heavy atom. The minimum absolute atomic E-state index is 0.145. The molecule has 0 radical (unpaired) electrons. The molecule has 2 atom stereocenters. The van der Waals surface area contributed by atoms with Gasteiger partial charge in [0.1, 0.15) is 6.61 Å². The molecule has 0 aromatic carbocycles. The van der Waals surface area contributed by atoms with Crippen LogP contribution in [0.2, 0.25) is 0 Å². The van der Waals surface area contributed by atoms with Gasteiger partial charge in [-0.25, -0.2) is 0 Å². The quantitative estimate of drug-likeness (QED) is 0.758. The van der Waals surface area contributed by atoms with Crippen LogP contribution in [0.3, 0.4) is 0 Å². The molecule has 5 heteroatoms. The summed E-state index contributed by atoms with van der Waals surface area (Å²) in [4.78, 5) is 0. The molecule has 0 aliphatic heterocycles. The first-order valence-corrected chi connectivity index (χ1v) is 6.84.